The average molecular weight is 412 g/mol. The molecule has 29 heavy (non-hydrogen) atoms. The fraction of sp³-hybridized carbons (Fsp3) is 0.286. The van der Waals surface area contributed by atoms with Crippen molar-refractivity contribution in [2.45, 2.75) is 31.7 Å². The molecule has 2 aromatic carbocycles. The highest BCUT2D eigenvalue weighted by Crippen LogP contribution is 2.36. The first kappa shape index (κ1) is 18.2. The van der Waals surface area contributed by atoms with Gasteiger partial charge in [0.15, 0.2) is 5.82 Å². The molecule has 1 aliphatic rings. The molecular weight excluding hydrogens is 394 g/mol. The van der Waals surface area contributed by atoms with Crippen LogP contribution >= 0.6 is 11.3 Å². The summed E-state index contributed by atoms with van der Waals surface area (Å²) in [4.78, 5) is 26.4. The summed E-state index contributed by atoms with van der Waals surface area (Å²) in [6.07, 6.45) is 0.177. The van der Waals surface area contributed by atoms with Crippen molar-refractivity contribution in [1.82, 2.24) is 19.9 Å². The van der Waals surface area contributed by atoms with Gasteiger partial charge < -0.3 is 9.88 Å². The third-order valence-electron chi connectivity index (χ3n) is 5.31. The van der Waals surface area contributed by atoms with E-state index in [1.165, 1.54) is 0 Å². The van der Waals surface area contributed by atoms with E-state index in [0.29, 0.717) is 23.1 Å². The number of nitrogens with one attached hydrogen (secondary N) is 1. The van der Waals surface area contributed by atoms with E-state index in [4.69, 9.17) is 4.98 Å². The van der Waals surface area contributed by atoms with Crippen molar-refractivity contribution < 1.29 is 13.6 Å². The Hall–Kier alpha value is -2.87. The molecule has 1 unspecified atom stereocenters. The topological polar surface area (TPSA) is 61.9 Å². The van der Waals surface area contributed by atoms with Gasteiger partial charge in [-0.3, -0.25) is 4.79 Å². The van der Waals surface area contributed by atoms with Crippen LogP contribution in [0.25, 0.3) is 21.3 Å². The number of nitrogens with zero attached hydrogens (tertiary/aromatic N) is 3. The van der Waals surface area contributed by atoms with E-state index in [-0.39, 0.29) is 17.8 Å². The molecule has 1 aliphatic heterocycles. The van der Waals surface area contributed by atoms with Gasteiger partial charge in [-0.25, -0.2) is 18.7 Å². The zero-order valence-corrected chi connectivity index (χ0v) is 16.3. The molecule has 8 heteroatoms. The number of amides is 1. The molecule has 0 spiro atoms. The summed E-state index contributed by atoms with van der Waals surface area (Å²) in [6, 6.07) is 12.8. The number of benzene rings is 2. The number of fused-ring (bicyclic) bond motifs is 2. The zero-order valence-electron chi connectivity index (χ0n) is 15.4. The van der Waals surface area contributed by atoms with Crippen molar-refractivity contribution in [3.05, 3.63) is 58.9 Å². The molecule has 0 bridgehead atoms. The fourth-order valence-electron chi connectivity index (χ4n) is 3.90. The van der Waals surface area contributed by atoms with Gasteiger partial charge in [0, 0.05) is 12.1 Å². The Morgan fingerprint density at radius 3 is 2.83 bits per heavy atom. The van der Waals surface area contributed by atoms with Gasteiger partial charge in [0.1, 0.15) is 5.01 Å². The normalized spacial score (nSPS) is 17.5. The second-order valence-electron chi connectivity index (χ2n) is 7.18. The zero-order chi connectivity index (χ0) is 20.0. The summed E-state index contributed by atoms with van der Waals surface area (Å²) in [6.45, 7) is 0.655. The van der Waals surface area contributed by atoms with Gasteiger partial charge in [0.25, 0.3) is 12.3 Å². The molecule has 0 saturated carbocycles. The van der Waals surface area contributed by atoms with Crippen LogP contribution in [0.2, 0.25) is 0 Å². The molecule has 2 aromatic heterocycles. The van der Waals surface area contributed by atoms with Crippen LogP contribution in [0.3, 0.4) is 0 Å². The van der Waals surface area contributed by atoms with Crippen LogP contribution < -0.4 is 0 Å². The van der Waals surface area contributed by atoms with Gasteiger partial charge in [-0.15, -0.1) is 11.3 Å². The Morgan fingerprint density at radius 1 is 1.14 bits per heavy atom. The van der Waals surface area contributed by atoms with Gasteiger partial charge in [0.2, 0.25) is 0 Å². The average Bonchev–Trinajstić information content (AvgIpc) is 3.37. The Labute approximate surface area is 169 Å². The minimum absolute atomic E-state index is 0.0669. The van der Waals surface area contributed by atoms with Gasteiger partial charge in [-0.05, 0) is 49.6 Å². The van der Waals surface area contributed by atoms with E-state index >= 15 is 0 Å². The number of rotatable bonds is 3. The summed E-state index contributed by atoms with van der Waals surface area (Å²) < 4.78 is 26.9. The monoisotopic (exact) mass is 412 g/mol. The molecule has 1 fully saturated rings. The van der Waals surface area contributed by atoms with Crippen LogP contribution in [0.15, 0.2) is 42.5 Å². The number of hydrogen-bond donors (Lipinski definition) is 1. The third-order valence-corrected chi connectivity index (χ3v) is 6.45. The van der Waals surface area contributed by atoms with Gasteiger partial charge >= 0.3 is 0 Å². The van der Waals surface area contributed by atoms with E-state index in [0.717, 1.165) is 34.5 Å². The van der Waals surface area contributed by atoms with Crippen LogP contribution in [-0.4, -0.2) is 32.3 Å². The first-order chi connectivity index (χ1) is 14.1. The van der Waals surface area contributed by atoms with Crippen molar-refractivity contribution in [1.29, 1.82) is 0 Å². The third kappa shape index (κ3) is 3.27. The number of hydrogen-bond acceptors (Lipinski definition) is 4. The highest BCUT2D eigenvalue weighted by molar-refractivity contribution is 7.18. The molecule has 0 radical (unpaired) electrons. The first-order valence-corrected chi connectivity index (χ1v) is 10.4. The van der Waals surface area contributed by atoms with Crippen LogP contribution in [0.5, 0.6) is 0 Å². The number of halogens is 2. The van der Waals surface area contributed by atoms with Crippen molar-refractivity contribution in [3.63, 3.8) is 0 Å². The van der Waals surface area contributed by atoms with Crippen molar-refractivity contribution in [2.75, 3.05) is 6.54 Å². The molecular formula is C21H18F2N4OS. The highest BCUT2D eigenvalue weighted by Gasteiger charge is 2.31. The van der Waals surface area contributed by atoms with Crippen LogP contribution in [0, 0.1) is 0 Å². The van der Waals surface area contributed by atoms with Crippen molar-refractivity contribution in [3.8, 4) is 0 Å². The maximum atomic E-state index is 13.3. The molecule has 3 heterocycles. The number of likely N-dealkylation sites (tertiary alicyclic amines) is 1. The molecule has 4 aromatic rings. The summed E-state index contributed by atoms with van der Waals surface area (Å²) in [5.74, 6) is -0.487. The molecule has 148 valence electrons. The van der Waals surface area contributed by atoms with Crippen LogP contribution in [0.4, 0.5) is 8.78 Å². The van der Waals surface area contributed by atoms with Gasteiger partial charge in [0.05, 0.1) is 27.3 Å². The lowest BCUT2D eigenvalue weighted by molar-refractivity contribution is 0.0611. The largest absolute Gasteiger partial charge is 0.337 e. The van der Waals surface area contributed by atoms with E-state index < -0.39 is 6.43 Å². The molecule has 1 atom stereocenters. The smallest absolute Gasteiger partial charge is 0.295 e. The predicted molar refractivity (Wildman–Crippen MR) is 108 cm³/mol. The van der Waals surface area contributed by atoms with Crippen LogP contribution in [0.1, 0.15) is 52.9 Å². The van der Waals surface area contributed by atoms with E-state index in [2.05, 4.69) is 9.97 Å². The summed E-state index contributed by atoms with van der Waals surface area (Å²) in [7, 11) is 0. The lowest BCUT2D eigenvalue weighted by Crippen LogP contribution is -2.38. The number of carbonyl (C=O) groups excluding carboxylic acids is 1. The van der Waals surface area contributed by atoms with Crippen molar-refractivity contribution >= 4 is 38.5 Å². The number of carbonyl (C=O) groups is 1. The highest BCUT2D eigenvalue weighted by atomic mass is 32.1. The molecule has 0 aliphatic carbocycles. The second-order valence-corrected chi connectivity index (χ2v) is 8.25. The lowest BCUT2D eigenvalue weighted by Gasteiger charge is -2.34. The standard InChI is InChI=1S/C21H18F2N4OS/c22-18(23)19-24-13-9-8-12(11-15(13)25-19)21(28)27-10-4-3-6-16(27)20-26-14-5-1-2-7-17(14)29-20/h1-2,5,7-9,11,16,18H,3-4,6,10H2,(H,24,25). The number of aromatic amines is 1. The molecule has 1 saturated heterocycles. The Morgan fingerprint density at radius 2 is 2.00 bits per heavy atom. The maximum absolute atomic E-state index is 13.3. The minimum Gasteiger partial charge on any atom is -0.337 e. The Kier molecular flexibility index (Phi) is 4.50. The number of piperidine rings is 1. The Balaban J connectivity index is 1.48. The number of H-pyrrole nitrogens is 1. The van der Waals surface area contributed by atoms with Gasteiger partial charge in [-0.2, -0.15) is 0 Å². The number of para-hydroxylation sites is 1. The molecule has 5 nitrogen and oxygen atoms in total. The number of imidazole rings is 1. The quantitative estimate of drug-likeness (QED) is 0.485. The van der Waals surface area contributed by atoms with Gasteiger partial charge in [-0.1, -0.05) is 12.1 Å². The van der Waals surface area contributed by atoms with Crippen LogP contribution in [-0.2, 0) is 0 Å². The maximum Gasteiger partial charge on any atom is 0.295 e. The second kappa shape index (κ2) is 7.18. The van der Waals surface area contributed by atoms with E-state index in [1.54, 1.807) is 29.5 Å². The Bertz CT molecular complexity index is 1170. The summed E-state index contributed by atoms with van der Waals surface area (Å²) in [5.41, 5.74) is 2.29. The van der Waals surface area contributed by atoms with E-state index in [1.807, 2.05) is 29.2 Å². The fourth-order valence-corrected chi connectivity index (χ4v) is 5.01. The molecule has 1 amide bonds. The summed E-state index contributed by atoms with van der Waals surface area (Å²) in [5, 5.41) is 0.946. The molecule has 1 N–H and O–H groups in total. The SMILES string of the molecule is O=C(c1ccc2nc(C(F)F)[nH]c2c1)N1CCCCC1c1nc2ccccc2s1. The predicted octanol–water partition coefficient (Wildman–Crippen LogP) is 5.48. The first-order valence-electron chi connectivity index (χ1n) is 9.54. The number of thiazole rings is 1. The van der Waals surface area contributed by atoms with E-state index in [9.17, 15) is 13.6 Å². The number of aromatic nitrogens is 3. The lowest BCUT2D eigenvalue weighted by atomic mass is 10.0. The summed E-state index contributed by atoms with van der Waals surface area (Å²) >= 11 is 1.62. The minimum atomic E-state index is -2.67. The number of alkyl halides is 2. The van der Waals surface area contributed by atoms with Crippen molar-refractivity contribution in [2.24, 2.45) is 0 Å². The molecule has 5 rings (SSSR count).